The zero-order valence-corrected chi connectivity index (χ0v) is 9.96. The summed E-state index contributed by atoms with van der Waals surface area (Å²) < 4.78 is 0. The molecule has 2 rings (SSSR count). The van der Waals surface area contributed by atoms with Gasteiger partial charge in [0.1, 0.15) is 0 Å². The van der Waals surface area contributed by atoms with Gasteiger partial charge >= 0.3 is 6.09 Å². The van der Waals surface area contributed by atoms with E-state index in [1.54, 1.807) is 11.3 Å². The van der Waals surface area contributed by atoms with E-state index in [-0.39, 0.29) is 0 Å². The molecule has 88 valence electrons. The zero-order chi connectivity index (χ0) is 11.5. The van der Waals surface area contributed by atoms with Gasteiger partial charge in [0, 0.05) is 31.2 Å². The summed E-state index contributed by atoms with van der Waals surface area (Å²) in [5.41, 5.74) is 0. The summed E-state index contributed by atoms with van der Waals surface area (Å²) in [6.07, 6.45) is 2.89. The largest absolute Gasteiger partial charge is 0.465 e. The second-order valence-corrected chi connectivity index (χ2v) is 4.92. The predicted molar refractivity (Wildman–Crippen MR) is 63.2 cm³/mol. The predicted octanol–water partition coefficient (Wildman–Crippen LogP) is 2.04. The monoisotopic (exact) mass is 241 g/mol. The van der Waals surface area contributed by atoms with E-state index in [0.29, 0.717) is 19.0 Å². The van der Waals surface area contributed by atoms with Gasteiger partial charge in [0.2, 0.25) is 0 Å². The molecule has 0 bridgehead atoms. The van der Waals surface area contributed by atoms with E-state index in [4.69, 9.17) is 5.11 Å². The van der Waals surface area contributed by atoms with Crippen LogP contribution in [0.15, 0.2) is 6.20 Å². The van der Waals surface area contributed by atoms with E-state index < -0.39 is 6.09 Å². The Hall–Kier alpha value is -1.30. The summed E-state index contributed by atoms with van der Waals surface area (Å²) in [7, 11) is 1.86. The third-order valence-electron chi connectivity index (χ3n) is 2.91. The van der Waals surface area contributed by atoms with Crippen molar-refractivity contribution in [3.8, 4) is 0 Å². The minimum atomic E-state index is -0.807. The Kier molecular flexibility index (Phi) is 3.28. The van der Waals surface area contributed by atoms with Crippen molar-refractivity contribution in [2.75, 3.05) is 25.5 Å². The number of aromatic nitrogens is 1. The molecule has 1 fully saturated rings. The van der Waals surface area contributed by atoms with Gasteiger partial charge in [0.05, 0.1) is 0 Å². The lowest BCUT2D eigenvalue weighted by Crippen LogP contribution is -2.36. The molecule has 5 nitrogen and oxygen atoms in total. The molecule has 1 aliphatic rings. The fourth-order valence-electron chi connectivity index (χ4n) is 1.95. The number of hydrogen-bond donors (Lipinski definition) is 2. The first kappa shape index (κ1) is 11.2. The molecule has 6 heteroatoms. The van der Waals surface area contributed by atoms with Crippen LogP contribution < -0.4 is 5.32 Å². The molecule has 0 spiro atoms. The molecular formula is C10H15N3O2S. The number of piperidine rings is 1. The van der Waals surface area contributed by atoms with Crippen molar-refractivity contribution < 1.29 is 9.90 Å². The van der Waals surface area contributed by atoms with E-state index in [1.807, 2.05) is 13.2 Å². The first-order valence-corrected chi connectivity index (χ1v) is 6.13. The first-order chi connectivity index (χ1) is 7.70. The lowest BCUT2D eigenvalue weighted by atomic mass is 9.96. The Labute approximate surface area is 98.1 Å². The smallest absolute Gasteiger partial charge is 0.407 e. The SMILES string of the molecule is CNc1ncc(C2CCN(C(=O)O)CC2)s1. The van der Waals surface area contributed by atoms with Gasteiger partial charge in [0.15, 0.2) is 5.13 Å². The van der Waals surface area contributed by atoms with Crippen molar-refractivity contribution in [3.63, 3.8) is 0 Å². The minimum absolute atomic E-state index is 0.468. The number of thiazole rings is 1. The molecule has 1 aromatic heterocycles. The maximum Gasteiger partial charge on any atom is 0.407 e. The van der Waals surface area contributed by atoms with Crippen LogP contribution in [-0.4, -0.2) is 41.2 Å². The van der Waals surface area contributed by atoms with Gasteiger partial charge in [-0.3, -0.25) is 0 Å². The number of anilines is 1. The van der Waals surface area contributed by atoms with Crippen LogP contribution in [0.25, 0.3) is 0 Å². The molecule has 0 aromatic carbocycles. The van der Waals surface area contributed by atoms with E-state index in [0.717, 1.165) is 18.0 Å². The lowest BCUT2D eigenvalue weighted by Gasteiger charge is -2.29. The first-order valence-electron chi connectivity index (χ1n) is 5.32. The van der Waals surface area contributed by atoms with Gasteiger partial charge in [0.25, 0.3) is 0 Å². The zero-order valence-electron chi connectivity index (χ0n) is 9.14. The van der Waals surface area contributed by atoms with Crippen LogP contribution in [0, 0.1) is 0 Å². The maximum atomic E-state index is 10.8. The second-order valence-electron chi connectivity index (χ2n) is 3.86. The number of nitrogens with one attached hydrogen (secondary N) is 1. The standard InChI is InChI=1S/C10H15N3O2S/c1-11-9-12-6-8(16-9)7-2-4-13(5-3-7)10(14)15/h6-7H,2-5H2,1H3,(H,11,12)(H,14,15). The topological polar surface area (TPSA) is 65.5 Å². The van der Waals surface area contributed by atoms with Crippen molar-refractivity contribution in [2.24, 2.45) is 0 Å². The number of carboxylic acid groups (broad SMARTS) is 1. The number of likely N-dealkylation sites (tertiary alicyclic amines) is 1. The summed E-state index contributed by atoms with van der Waals surface area (Å²) in [6, 6.07) is 0. The Morgan fingerprint density at radius 1 is 1.62 bits per heavy atom. The van der Waals surface area contributed by atoms with Crippen molar-refractivity contribution in [1.29, 1.82) is 0 Å². The van der Waals surface area contributed by atoms with Crippen molar-refractivity contribution in [1.82, 2.24) is 9.88 Å². The highest BCUT2D eigenvalue weighted by Crippen LogP contribution is 2.33. The van der Waals surface area contributed by atoms with Gasteiger partial charge in [-0.05, 0) is 18.8 Å². The molecular weight excluding hydrogens is 226 g/mol. The van der Waals surface area contributed by atoms with E-state index >= 15 is 0 Å². The Balaban J connectivity index is 1.96. The van der Waals surface area contributed by atoms with Crippen LogP contribution >= 0.6 is 11.3 Å². The normalized spacial score (nSPS) is 17.4. The fourth-order valence-corrected chi connectivity index (χ4v) is 2.88. The van der Waals surface area contributed by atoms with Crippen LogP contribution in [0.5, 0.6) is 0 Å². The average molecular weight is 241 g/mol. The third kappa shape index (κ3) is 2.27. The van der Waals surface area contributed by atoms with Crippen LogP contribution in [0.1, 0.15) is 23.6 Å². The highest BCUT2D eigenvalue weighted by Gasteiger charge is 2.24. The van der Waals surface area contributed by atoms with Gasteiger partial charge < -0.3 is 15.3 Å². The molecule has 2 heterocycles. The van der Waals surface area contributed by atoms with Crippen molar-refractivity contribution in [2.45, 2.75) is 18.8 Å². The molecule has 2 N–H and O–H groups in total. The third-order valence-corrected chi connectivity index (χ3v) is 4.08. The Bertz CT molecular complexity index is 372. The number of amides is 1. The second kappa shape index (κ2) is 4.69. The lowest BCUT2D eigenvalue weighted by molar-refractivity contribution is 0.132. The van der Waals surface area contributed by atoms with Crippen LogP contribution in [0.3, 0.4) is 0 Å². The number of rotatable bonds is 2. The summed E-state index contributed by atoms with van der Waals surface area (Å²) in [5.74, 6) is 0.468. The quantitative estimate of drug-likeness (QED) is 0.831. The van der Waals surface area contributed by atoms with E-state index in [2.05, 4.69) is 10.3 Å². The summed E-state index contributed by atoms with van der Waals surface area (Å²) >= 11 is 1.66. The molecule has 0 unspecified atom stereocenters. The fraction of sp³-hybridized carbons (Fsp3) is 0.600. The highest BCUT2D eigenvalue weighted by atomic mass is 32.1. The molecule has 1 amide bonds. The van der Waals surface area contributed by atoms with Crippen LogP contribution in [0.2, 0.25) is 0 Å². The van der Waals surface area contributed by atoms with Gasteiger partial charge in [-0.15, -0.1) is 11.3 Å². The Morgan fingerprint density at radius 3 is 2.81 bits per heavy atom. The van der Waals surface area contributed by atoms with E-state index in [9.17, 15) is 4.79 Å². The van der Waals surface area contributed by atoms with E-state index in [1.165, 1.54) is 9.78 Å². The van der Waals surface area contributed by atoms with Gasteiger partial charge in [-0.2, -0.15) is 0 Å². The summed E-state index contributed by atoms with van der Waals surface area (Å²) in [6.45, 7) is 1.26. The van der Waals surface area contributed by atoms with Crippen molar-refractivity contribution in [3.05, 3.63) is 11.1 Å². The highest BCUT2D eigenvalue weighted by molar-refractivity contribution is 7.15. The summed E-state index contributed by atoms with van der Waals surface area (Å²) in [5, 5.41) is 12.8. The molecule has 1 aliphatic heterocycles. The van der Waals surface area contributed by atoms with Crippen molar-refractivity contribution >= 4 is 22.6 Å². The molecule has 1 aromatic rings. The number of nitrogens with zero attached hydrogens (tertiary/aromatic N) is 2. The molecule has 0 aliphatic carbocycles. The maximum absolute atomic E-state index is 10.8. The molecule has 0 saturated carbocycles. The Morgan fingerprint density at radius 2 is 2.31 bits per heavy atom. The minimum Gasteiger partial charge on any atom is -0.465 e. The van der Waals surface area contributed by atoms with Crippen LogP contribution in [0.4, 0.5) is 9.93 Å². The van der Waals surface area contributed by atoms with Gasteiger partial charge in [-0.1, -0.05) is 0 Å². The summed E-state index contributed by atoms with van der Waals surface area (Å²) in [4.78, 5) is 17.7. The number of carbonyl (C=O) groups is 1. The molecule has 0 radical (unpaired) electrons. The average Bonchev–Trinajstić information content (AvgIpc) is 2.77. The molecule has 16 heavy (non-hydrogen) atoms. The van der Waals surface area contributed by atoms with Crippen LogP contribution in [-0.2, 0) is 0 Å². The molecule has 0 atom stereocenters. The van der Waals surface area contributed by atoms with Gasteiger partial charge in [-0.25, -0.2) is 9.78 Å². The molecule has 1 saturated heterocycles. The number of hydrogen-bond acceptors (Lipinski definition) is 4.